The van der Waals surface area contributed by atoms with Crippen molar-refractivity contribution in [2.75, 3.05) is 11.9 Å². The second kappa shape index (κ2) is 7.67. The van der Waals surface area contributed by atoms with Crippen LogP contribution in [0.1, 0.15) is 25.6 Å². The van der Waals surface area contributed by atoms with E-state index in [4.69, 9.17) is 0 Å². The molecule has 0 fully saturated rings. The third-order valence-electron chi connectivity index (χ3n) is 4.00. The van der Waals surface area contributed by atoms with E-state index < -0.39 is 23.4 Å². The maximum Gasteiger partial charge on any atom is 0.348 e. The van der Waals surface area contributed by atoms with Crippen molar-refractivity contribution in [2.24, 2.45) is 0 Å². The monoisotopic (exact) mass is 387 g/mol. The third-order valence-corrected chi connectivity index (χ3v) is 5.17. The first-order valence-electron chi connectivity index (χ1n) is 8.02. The summed E-state index contributed by atoms with van der Waals surface area (Å²) < 4.78 is 27.6. The Balaban J connectivity index is 1.83. The number of anilines is 1. The standard InChI is InChI=1S/C20H15F2NO3S/c1-11-7-8-13(18(22)17(11)21)15(24)10-23-14-9-16(27-19(14)20(25)26)12-5-3-2-4-6-12/h2-9,23H,10H2,1H3,(H,25,26). The summed E-state index contributed by atoms with van der Waals surface area (Å²) in [5.74, 6) is -4.07. The van der Waals surface area contributed by atoms with Crippen LogP contribution >= 0.6 is 11.3 Å². The molecule has 0 saturated heterocycles. The van der Waals surface area contributed by atoms with E-state index in [1.807, 2.05) is 30.3 Å². The number of hydrogen-bond acceptors (Lipinski definition) is 4. The van der Waals surface area contributed by atoms with Gasteiger partial charge in [-0.3, -0.25) is 4.79 Å². The van der Waals surface area contributed by atoms with Gasteiger partial charge in [0.25, 0.3) is 0 Å². The van der Waals surface area contributed by atoms with Gasteiger partial charge in [-0.2, -0.15) is 0 Å². The molecule has 2 aromatic carbocycles. The van der Waals surface area contributed by atoms with Gasteiger partial charge in [0.15, 0.2) is 17.4 Å². The van der Waals surface area contributed by atoms with Crippen LogP contribution in [0.2, 0.25) is 0 Å². The molecule has 27 heavy (non-hydrogen) atoms. The second-order valence-electron chi connectivity index (χ2n) is 5.86. The van der Waals surface area contributed by atoms with Crippen LogP contribution in [0.15, 0.2) is 48.5 Å². The molecular weight excluding hydrogens is 372 g/mol. The second-order valence-corrected chi connectivity index (χ2v) is 6.91. The van der Waals surface area contributed by atoms with Gasteiger partial charge in [-0.1, -0.05) is 36.4 Å². The number of rotatable bonds is 6. The number of aryl methyl sites for hydroxylation is 1. The van der Waals surface area contributed by atoms with Crippen molar-refractivity contribution in [2.45, 2.75) is 6.92 Å². The zero-order valence-corrected chi connectivity index (χ0v) is 15.1. The summed E-state index contributed by atoms with van der Waals surface area (Å²) in [6, 6.07) is 13.4. The van der Waals surface area contributed by atoms with Gasteiger partial charge in [-0.25, -0.2) is 13.6 Å². The van der Waals surface area contributed by atoms with Crippen molar-refractivity contribution in [1.29, 1.82) is 0 Å². The molecule has 0 radical (unpaired) electrons. The molecule has 1 aromatic heterocycles. The van der Waals surface area contributed by atoms with Crippen molar-refractivity contribution < 1.29 is 23.5 Å². The van der Waals surface area contributed by atoms with Gasteiger partial charge in [-0.15, -0.1) is 11.3 Å². The molecule has 1 heterocycles. The van der Waals surface area contributed by atoms with Crippen LogP contribution in [0.5, 0.6) is 0 Å². The van der Waals surface area contributed by atoms with Gasteiger partial charge in [0.05, 0.1) is 17.8 Å². The highest BCUT2D eigenvalue weighted by Crippen LogP contribution is 2.34. The highest BCUT2D eigenvalue weighted by atomic mass is 32.1. The lowest BCUT2D eigenvalue weighted by Crippen LogP contribution is -2.17. The van der Waals surface area contributed by atoms with Gasteiger partial charge < -0.3 is 10.4 Å². The normalized spacial score (nSPS) is 10.6. The van der Waals surface area contributed by atoms with Crippen molar-refractivity contribution >= 4 is 28.8 Å². The fourth-order valence-corrected chi connectivity index (χ4v) is 3.54. The summed E-state index contributed by atoms with van der Waals surface area (Å²) in [4.78, 5) is 24.5. The Morgan fingerprint density at radius 3 is 2.44 bits per heavy atom. The topological polar surface area (TPSA) is 66.4 Å². The number of nitrogens with one attached hydrogen (secondary N) is 1. The number of hydrogen-bond donors (Lipinski definition) is 2. The van der Waals surface area contributed by atoms with Crippen LogP contribution in [-0.2, 0) is 0 Å². The predicted octanol–water partition coefficient (Wildman–Crippen LogP) is 4.99. The number of ketones is 1. The SMILES string of the molecule is Cc1ccc(C(=O)CNc2cc(-c3ccccc3)sc2C(=O)O)c(F)c1F. The molecule has 3 rings (SSSR count). The molecular formula is C20H15F2NO3S. The summed E-state index contributed by atoms with van der Waals surface area (Å²) >= 11 is 1.07. The molecule has 138 valence electrons. The van der Waals surface area contributed by atoms with E-state index in [2.05, 4.69) is 5.32 Å². The maximum absolute atomic E-state index is 14.0. The van der Waals surface area contributed by atoms with Crippen LogP contribution in [0.4, 0.5) is 14.5 Å². The van der Waals surface area contributed by atoms with Crippen molar-refractivity contribution in [3.8, 4) is 10.4 Å². The molecule has 0 atom stereocenters. The average molecular weight is 387 g/mol. The minimum absolute atomic E-state index is 0.0391. The Morgan fingerprint density at radius 2 is 1.78 bits per heavy atom. The zero-order valence-electron chi connectivity index (χ0n) is 14.3. The Labute approximate surface area is 158 Å². The molecule has 0 saturated carbocycles. The molecule has 0 bridgehead atoms. The molecule has 2 N–H and O–H groups in total. The molecule has 0 aliphatic rings. The largest absolute Gasteiger partial charge is 0.477 e. The predicted molar refractivity (Wildman–Crippen MR) is 101 cm³/mol. The fourth-order valence-electron chi connectivity index (χ4n) is 2.56. The summed E-state index contributed by atoms with van der Waals surface area (Å²) in [6.45, 7) is 1.05. The minimum Gasteiger partial charge on any atom is -0.477 e. The summed E-state index contributed by atoms with van der Waals surface area (Å²) in [5, 5.41) is 12.1. The molecule has 7 heteroatoms. The lowest BCUT2D eigenvalue weighted by molar-refractivity contribution is 0.0702. The van der Waals surface area contributed by atoms with E-state index in [0.29, 0.717) is 0 Å². The number of Topliss-reactive ketones (excluding diaryl/α,β-unsaturated/α-hetero) is 1. The number of carboxylic acid groups (broad SMARTS) is 1. The van der Waals surface area contributed by atoms with Gasteiger partial charge in [0, 0.05) is 4.88 Å². The summed E-state index contributed by atoms with van der Waals surface area (Å²) in [5.41, 5.74) is 0.834. The molecule has 0 aliphatic heterocycles. The molecule has 0 aliphatic carbocycles. The number of benzene rings is 2. The summed E-state index contributed by atoms with van der Waals surface area (Å²) in [6.07, 6.45) is 0. The Hall–Kier alpha value is -3.06. The van der Waals surface area contributed by atoms with E-state index in [9.17, 15) is 23.5 Å². The molecule has 3 aromatic rings. The number of carboxylic acids is 1. The van der Waals surface area contributed by atoms with Crippen molar-refractivity contribution in [3.63, 3.8) is 0 Å². The van der Waals surface area contributed by atoms with Gasteiger partial charge >= 0.3 is 5.97 Å². The lowest BCUT2D eigenvalue weighted by atomic mass is 10.1. The summed E-state index contributed by atoms with van der Waals surface area (Å²) in [7, 11) is 0. The fraction of sp³-hybridized carbons (Fsp3) is 0.100. The highest BCUT2D eigenvalue weighted by Gasteiger charge is 2.20. The van der Waals surface area contributed by atoms with Crippen molar-refractivity contribution in [1.82, 2.24) is 0 Å². The Kier molecular flexibility index (Phi) is 5.32. The molecule has 4 nitrogen and oxygen atoms in total. The number of thiophene rings is 1. The van der Waals surface area contributed by atoms with E-state index in [1.54, 1.807) is 6.07 Å². The van der Waals surface area contributed by atoms with Crippen LogP contribution in [0.3, 0.4) is 0 Å². The maximum atomic E-state index is 14.0. The van der Waals surface area contributed by atoms with Crippen LogP contribution < -0.4 is 5.32 Å². The smallest absolute Gasteiger partial charge is 0.348 e. The first-order chi connectivity index (χ1) is 12.9. The lowest BCUT2D eigenvalue weighted by Gasteiger charge is -2.07. The van der Waals surface area contributed by atoms with E-state index in [-0.39, 0.29) is 28.2 Å². The number of halogens is 2. The third kappa shape index (κ3) is 3.88. The Morgan fingerprint density at radius 1 is 1.07 bits per heavy atom. The Bertz CT molecular complexity index is 1020. The van der Waals surface area contributed by atoms with E-state index in [0.717, 1.165) is 21.8 Å². The number of carbonyl (C=O) groups is 2. The number of aromatic carboxylic acids is 1. The van der Waals surface area contributed by atoms with Crippen molar-refractivity contribution in [3.05, 3.63) is 76.2 Å². The van der Waals surface area contributed by atoms with Gasteiger partial charge in [-0.05, 0) is 30.2 Å². The average Bonchev–Trinajstić information content (AvgIpc) is 3.10. The van der Waals surface area contributed by atoms with Gasteiger partial charge in [0.1, 0.15) is 4.88 Å². The quantitative estimate of drug-likeness (QED) is 0.585. The molecule has 0 spiro atoms. The highest BCUT2D eigenvalue weighted by molar-refractivity contribution is 7.18. The number of carbonyl (C=O) groups excluding carboxylic acids is 1. The van der Waals surface area contributed by atoms with E-state index in [1.165, 1.54) is 19.1 Å². The zero-order chi connectivity index (χ0) is 19.6. The minimum atomic E-state index is -1.20. The van der Waals surface area contributed by atoms with Crippen LogP contribution in [-0.4, -0.2) is 23.4 Å². The van der Waals surface area contributed by atoms with Crippen LogP contribution in [0.25, 0.3) is 10.4 Å². The first kappa shape index (κ1) is 18.7. The van der Waals surface area contributed by atoms with E-state index >= 15 is 0 Å². The first-order valence-corrected chi connectivity index (χ1v) is 8.84. The molecule has 0 unspecified atom stereocenters. The molecule has 0 amide bonds. The van der Waals surface area contributed by atoms with Crippen LogP contribution in [0, 0.1) is 18.6 Å². The van der Waals surface area contributed by atoms with Gasteiger partial charge in [0.2, 0.25) is 0 Å².